The lowest BCUT2D eigenvalue weighted by molar-refractivity contribution is 0.155. The minimum Gasteiger partial charge on any atom is -0.312 e. The van der Waals surface area contributed by atoms with Gasteiger partial charge in [-0.15, -0.1) is 0 Å². The van der Waals surface area contributed by atoms with Crippen LogP contribution >= 0.6 is 0 Å². The Bertz CT molecular complexity index is 416. The van der Waals surface area contributed by atoms with Crippen LogP contribution in [0.15, 0.2) is 6.33 Å². The van der Waals surface area contributed by atoms with E-state index in [-0.39, 0.29) is 5.54 Å². The zero-order valence-electron chi connectivity index (χ0n) is 13.7. The maximum atomic E-state index is 4.47. The third-order valence-electron chi connectivity index (χ3n) is 4.15. The monoisotopic (exact) mass is 278 g/mol. The van der Waals surface area contributed by atoms with Crippen LogP contribution in [0.1, 0.15) is 53.3 Å². The molecule has 0 radical (unpaired) electrons. The van der Waals surface area contributed by atoms with E-state index in [4.69, 9.17) is 0 Å². The number of nitrogens with one attached hydrogen (secondary N) is 1. The topological polar surface area (TPSA) is 42.7 Å². The van der Waals surface area contributed by atoms with Gasteiger partial charge in [0.25, 0.3) is 0 Å². The Morgan fingerprint density at radius 1 is 1.30 bits per heavy atom. The first-order valence-electron chi connectivity index (χ1n) is 7.97. The van der Waals surface area contributed by atoms with Crippen LogP contribution in [-0.4, -0.2) is 26.8 Å². The molecule has 2 rings (SSSR count). The molecule has 0 aliphatic heterocycles. The van der Waals surface area contributed by atoms with E-state index in [0.717, 1.165) is 31.3 Å². The average molecular weight is 278 g/mol. The lowest BCUT2D eigenvalue weighted by atomic mass is 9.71. The molecule has 2 atom stereocenters. The Morgan fingerprint density at radius 3 is 2.55 bits per heavy atom. The largest absolute Gasteiger partial charge is 0.312 e. The van der Waals surface area contributed by atoms with Gasteiger partial charge in [0, 0.05) is 18.5 Å². The predicted molar refractivity (Wildman–Crippen MR) is 82.5 cm³/mol. The van der Waals surface area contributed by atoms with E-state index in [2.05, 4.69) is 54.7 Å². The Kier molecular flexibility index (Phi) is 4.84. The molecule has 0 spiro atoms. The van der Waals surface area contributed by atoms with Crippen molar-refractivity contribution in [1.29, 1.82) is 0 Å². The van der Waals surface area contributed by atoms with E-state index in [0.29, 0.717) is 5.92 Å². The molecule has 1 heterocycles. The molecule has 1 N–H and O–H groups in total. The summed E-state index contributed by atoms with van der Waals surface area (Å²) in [7, 11) is 0. The second kappa shape index (κ2) is 6.25. The minimum absolute atomic E-state index is 0.220. The fraction of sp³-hybridized carbons (Fsp3) is 0.875. The molecule has 1 aromatic rings. The molecule has 0 aromatic carbocycles. The van der Waals surface area contributed by atoms with Gasteiger partial charge in [-0.3, -0.25) is 0 Å². The summed E-state index contributed by atoms with van der Waals surface area (Å²) in [6.07, 6.45) is 5.49. The SMILES string of the molecule is CC(C)Cn1ncnc1CC1CCC1CNC(C)(C)C. The van der Waals surface area contributed by atoms with Crippen molar-refractivity contribution >= 4 is 0 Å². The van der Waals surface area contributed by atoms with Crippen LogP contribution in [0.4, 0.5) is 0 Å². The molecular formula is C16H30N4. The zero-order valence-corrected chi connectivity index (χ0v) is 13.7. The normalized spacial score (nSPS) is 23.1. The highest BCUT2D eigenvalue weighted by molar-refractivity contribution is 4.94. The summed E-state index contributed by atoms with van der Waals surface area (Å²) in [6.45, 7) is 13.3. The van der Waals surface area contributed by atoms with Gasteiger partial charge in [0.05, 0.1) is 0 Å². The molecule has 1 fully saturated rings. The highest BCUT2D eigenvalue weighted by atomic mass is 15.3. The van der Waals surface area contributed by atoms with Gasteiger partial charge >= 0.3 is 0 Å². The molecule has 114 valence electrons. The smallest absolute Gasteiger partial charge is 0.138 e. The molecule has 0 bridgehead atoms. The third kappa shape index (κ3) is 4.30. The molecule has 1 aromatic heterocycles. The summed E-state index contributed by atoms with van der Waals surface area (Å²) in [4.78, 5) is 4.47. The second-order valence-electron chi connectivity index (χ2n) is 7.68. The number of aromatic nitrogens is 3. The van der Waals surface area contributed by atoms with Crippen molar-refractivity contribution in [3.63, 3.8) is 0 Å². The van der Waals surface area contributed by atoms with Crippen molar-refractivity contribution < 1.29 is 0 Å². The zero-order chi connectivity index (χ0) is 14.8. The van der Waals surface area contributed by atoms with E-state index in [9.17, 15) is 0 Å². The van der Waals surface area contributed by atoms with E-state index in [1.165, 1.54) is 18.7 Å². The summed E-state index contributed by atoms with van der Waals surface area (Å²) in [5.41, 5.74) is 0.220. The van der Waals surface area contributed by atoms with E-state index in [1.807, 2.05) is 0 Å². The molecule has 20 heavy (non-hydrogen) atoms. The molecule has 2 unspecified atom stereocenters. The predicted octanol–water partition coefficient (Wildman–Crippen LogP) is 2.89. The van der Waals surface area contributed by atoms with Gasteiger partial charge in [0.2, 0.25) is 0 Å². The fourth-order valence-corrected chi connectivity index (χ4v) is 2.79. The van der Waals surface area contributed by atoms with Gasteiger partial charge in [0.1, 0.15) is 12.2 Å². The molecule has 1 aliphatic carbocycles. The van der Waals surface area contributed by atoms with E-state index >= 15 is 0 Å². The summed E-state index contributed by atoms with van der Waals surface area (Å²) < 4.78 is 2.09. The van der Waals surface area contributed by atoms with Crippen molar-refractivity contribution in [3.8, 4) is 0 Å². The fourth-order valence-electron chi connectivity index (χ4n) is 2.79. The van der Waals surface area contributed by atoms with E-state index in [1.54, 1.807) is 6.33 Å². The standard InChI is InChI=1S/C16H30N4/c1-12(2)10-20-15(17-11-19-20)8-13-6-7-14(13)9-18-16(3,4)5/h11-14,18H,6-10H2,1-5H3. The van der Waals surface area contributed by atoms with E-state index < -0.39 is 0 Å². The highest BCUT2D eigenvalue weighted by Gasteiger charge is 2.32. The van der Waals surface area contributed by atoms with Crippen LogP contribution < -0.4 is 5.32 Å². The van der Waals surface area contributed by atoms with Crippen molar-refractivity contribution in [1.82, 2.24) is 20.1 Å². The molecule has 1 aliphatic rings. The number of rotatable bonds is 6. The Balaban J connectivity index is 1.86. The summed E-state index contributed by atoms with van der Waals surface area (Å²) in [5, 5.41) is 8.01. The van der Waals surface area contributed by atoms with Crippen LogP contribution in [0, 0.1) is 17.8 Å². The summed E-state index contributed by atoms with van der Waals surface area (Å²) >= 11 is 0. The lowest BCUT2D eigenvalue weighted by Crippen LogP contribution is -2.44. The molecular weight excluding hydrogens is 248 g/mol. The molecule has 4 heteroatoms. The van der Waals surface area contributed by atoms with Crippen LogP contribution in [0.3, 0.4) is 0 Å². The van der Waals surface area contributed by atoms with Gasteiger partial charge in [0.15, 0.2) is 0 Å². The first kappa shape index (κ1) is 15.5. The first-order chi connectivity index (χ1) is 9.35. The van der Waals surface area contributed by atoms with Gasteiger partial charge in [-0.25, -0.2) is 9.67 Å². The Morgan fingerprint density at radius 2 is 2.00 bits per heavy atom. The Hall–Kier alpha value is -0.900. The maximum absolute atomic E-state index is 4.47. The molecule has 4 nitrogen and oxygen atoms in total. The summed E-state index contributed by atoms with van der Waals surface area (Å²) in [6, 6.07) is 0. The van der Waals surface area contributed by atoms with Crippen LogP contribution in [0.2, 0.25) is 0 Å². The number of nitrogens with zero attached hydrogens (tertiary/aromatic N) is 3. The lowest BCUT2D eigenvalue weighted by Gasteiger charge is -2.38. The van der Waals surface area contributed by atoms with Gasteiger partial charge in [-0.2, -0.15) is 5.10 Å². The molecule has 0 saturated heterocycles. The second-order valence-corrected chi connectivity index (χ2v) is 7.68. The first-order valence-corrected chi connectivity index (χ1v) is 7.97. The van der Waals surface area contributed by atoms with Crippen LogP contribution in [0.5, 0.6) is 0 Å². The van der Waals surface area contributed by atoms with Gasteiger partial charge < -0.3 is 5.32 Å². The van der Waals surface area contributed by atoms with Crippen molar-refractivity contribution in [2.75, 3.05) is 6.54 Å². The van der Waals surface area contributed by atoms with Gasteiger partial charge in [-0.1, -0.05) is 13.8 Å². The van der Waals surface area contributed by atoms with Crippen molar-refractivity contribution in [2.24, 2.45) is 17.8 Å². The maximum Gasteiger partial charge on any atom is 0.138 e. The molecule has 1 saturated carbocycles. The number of hydrogen-bond donors (Lipinski definition) is 1. The van der Waals surface area contributed by atoms with Crippen LogP contribution in [-0.2, 0) is 13.0 Å². The summed E-state index contributed by atoms with van der Waals surface area (Å²) in [5.74, 6) is 3.37. The highest BCUT2D eigenvalue weighted by Crippen LogP contribution is 2.36. The molecule has 0 amide bonds. The quantitative estimate of drug-likeness (QED) is 0.870. The van der Waals surface area contributed by atoms with Gasteiger partial charge in [-0.05, 0) is 57.9 Å². The third-order valence-corrected chi connectivity index (χ3v) is 4.15. The Labute approximate surface area is 123 Å². The van der Waals surface area contributed by atoms with Crippen molar-refractivity contribution in [3.05, 3.63) is 12.2 Å². The van der Waals surface area contributed by atoms with Crippen molar-refractivity contribution in [2.45, 2.75) is 66.0 Å². The average Bonchev–Trinajstić information content (AvgIpc) is 2.69. The number of hydrogen-bond acceptors (Lipinski definition) is 3. The van der Waals surface area contributed by atoms with Crippen LogP contribution in [0.25, 0.3) is 0 Å². The minimum atomic E-state index is 0.220.